The Bertz CT molecular complexity index is 842. The summed E-state index contributed by atoms with van der Waals surface area (Å²) in [5.74, 6) is -0.875. The van der Waals surface area contributed by atoms with E-state index >= 15 is 0 Å². The van der Waals surface area contributed by atoms with Gasteiger partial charge in [0.15, 0.2) is 11.6 Å². The van der Waals surface area contributed by atoms with Gasteiger partial charge in [0.1, 0.15) is 5.82 Å². The number of unbranched alkanes of at least 4 members (excludes halogenated alkanes) is 1. The SMILES string of the molecule is CCCCN1C(=O)[C@@](C)(C(=O)Nc2cccc(F)c2)Oc2cccnc21. The van der Waals surface area contributed by atoms with E-state index in [1.165, 1.54) is 30.0 Å². The fourth-order valence-corrected chi connectivity index (χ4v) is 2.77. The van der Waals surface area contributed by atoms with Crippen molar-refractivity contribution in [2.45, 2.75) is 32.3 Å². The molecule has 0 saturated heterocycles. The Hall–Kier alpha value is -2.96. The number of carbonyl (C=O) groups is 2. The largest absolute Gasteiger partial charge is 0.464 e. The van der Waals surface area contributed by atoms with Crippen molar-refractivity contribution < 1.29 is 18.7 Å². The molecule has 1 aliphatic heterocycles. The zero-order valence-corrected chi connectivity index (χ0v) is 14.7. The number of fused-ring (bicyclic) bond motifs is 1. The van der Waals surface area contributed by atoms with Gasteiger partial charge in [0.2, 0.25) is 0 Å². The number of amides is 2. The van der Waals surface area contributed by atoms with Crippen LogP contribution >= 0.6 is 0 Å². The highest BCUT2D eigenvalue weighted by atomic mass is 19.1. The molecule has 0 radical (unpaired) electrons. The molecule has 136 valence electrons. The smallest absolute Gasteiger partial charge is 0.282 e. The molecule has 2 amide bonds. The number of carbonyl (C=O) groups excluding carboxylic acids is 2. The molecular formula is C19H20FN3O3. The van der Waals surface area contributed by atoms with E-state index in [-0.39, 0.29) is 5.69 Å². The lowest BCUT2D eigenvalue weighted by Gasteiger charge is -2.38. The average molecular weight is 357 g/mol. The van der Waals surface area contributed by atoms with Gasteiger partial charge in [-0.3, -0.25) is 14.5 Å². The molecule has 1 aromatic heterocycles. The second-order valence-corrected chi connectivity index (χ2v) is 6.24. The highest BCUT2D eigenvalue weighted by Gasteiger charge is 2.51. The van der Waals surface area contributed by atoms with E-state index < -0.39 is 23.2 Å². The third kappa shape index (κ3) is 3.24. The Kier molecular flexibility index (Phi) is 4.88. The van der Waals surface area contributed by atoms with E-state index in [1.807, 2.05) is 6.92 Å². The van der Waals surface area contributed by atoms with Crippen molar-refractivity contribution in [3.05, 3.63) is 48.4 Å². The van der Waals surface area contributed by atoms with Gasteiger partial charge in [-0.2, -0.15) is 0 Å². The zero-order valence-electron chi connectivity index (χ0n) is 14.7. The van der Waals surface area contributed by atoms with E-state index in [9.17, 15) is 14.0 Å². The maximum absolute atomic E-state index is 13.4. The highest BCUT2D eigenvalue weighted by Crippen LogP contribution is 2.36. The number of hydrogen-bond donors (Lipinski definition) is 1. The lowest BCUT2D eigenvalue weighted by atomic mass is 10.0. The molecule has 0 unspecified atom stereocenters. The topological polar surface area (TPSA) is 71.5 Å². The second-order valence-electron chi connectivity index (χ2n) is 6.24. The van der Waals surface area contributed by atoms with Crippen molar-refractivity contribution in [2.24, 2.45) is 0 Å². The van der Waals surface area contributed by atoms with Crippen LogP contribution in [-0.4, -0.2) is 28.9 Å². The van der Waals surface area contributed by atoms with Crippen molar-refractivity contribution in [3.63, 3.8) is 0 Å². The quantitative estimate of drug-likeness (QED) is 0.835. The first-order chi connectivity index (χ1) is 12.5. The Morgan fingerprint density at radius 1 is 1.35 bits per heavy atom. The summed E-state index contributed by atoms with van der Waals surface area (Å²) in [5.41, 5.74) is -1.51. The second kappa shape index (κ2) is 7.11. The fourth-order valence-electron chi connectivity index (χ4n) is 2.77. The number of pyridine rings is 1. The molecule has 2 heterocycles. The molecule has 3 rings (SSSR count). The van der Waals surface area contributed by atoms with Gasteiger partial charge in [0.25, 0.3) is 17.4 Å². The Morgan fingerprint density at radius 3 is 2.88 bits per heavy atom. The summed E-state index contributed by atoms with van der Waals surface area (Å²) in [7, 11) is 0. The van der Waals surface area contributed by atoms with Crippen LogP contribution in [0.4, 0.5) is 15.9 Å². The number of nitrogens with zero attached hydrogens (tertiary/aromatic N) is 2. The normalized spacial score (nSPS) is 18.9. The maximum Gasteiger partial charge on any atom is 0.282 e. The molecule has 1 atom stereocenters. The molecule has 1 aliphatic rings. The van der Waals surface area contributed by atoms with Crippen LogP contribution in [0.2, 0.25) is 0 Å². The first-order valence-corrected chi connectivity index (χ1v) is 8.48. The van der Waals surface area contributed by atoms with Crippen LogP contribution in [0.15, 0.2) is 42.6 Å². The highest BCUT2D eigenvalue weighted by molar-refractivity contribution is 6.19. The van der Waals surface area contributed by atoms with Gasteiger partial charge in [-0.1, -0.05) is 19.4 Å². The minimum atomic E-state index is -1.77. The van der Waals surface area contributed by atoms with Crippen molar-refractivity contribution in [2.75, 3.05) is 16.8 Å². The molecule has 7 heteroatoms. The minimum absolute atomic E-state index is 0.254. The predicted octanol–water partition coefficient (Wildman–Crippen LogP) is 3.14. The maximum atomic E-state index is 13.4. The van der Waals surface area contributed by atoms with Gasteiger partial charge in [-0.05, 0) is 43.7 Å². The molecule has 26 heavy (non-hydrogen) atoms. The average Bonchev–Trinajstić information content (AvgIpc) is 2.62. The van der Waals surface area contributed by atoms with Gasteiger partial charge >= 0.3 is 0 Å². The van der Waals surface area contributed by atoms with Gasteiger partial charge in [0.05, 0.1) is 0 Å². The number of halogens is 1. The summed E-state index contributed by atoms with van der Waals surface area (Å²) in [5, 5.41) is 2.56. The van der Waals surface area contributed by atoms with Crippen LogP contribution in [0.3, 0.4) is 0 Å². The van der Waals surface area contributed by atoms with Gasteiger partial charge in [-0.25, -0.2) is 9.37 Å². The molecule has 0 spiro atoms. The monoisotopic (exact) mass is 357 g/mol. The van der Waals surface area contributed by atoms with E-state index in [2.05, 4.69) is 10.3 Å². The minimum Gasteiger partial charge on any atom is -0.464 e. The summed E-state index contributed by atoms with van der Waals surface area (Å²) < 4.78 is 19.1. The van der Waals surface area contributed by atoms with Gasteiger partial charge in [-0.15, -0.1) is 0 Å². The van der Waals surface area contributed by atoms with E-state index in [1.54, 1.807) is 24.4 Å². The van der Waals surface area contributed by atoms with E-state index in [0.29, 0.717) is 18.1 Å². The number of nitrogens with one attached hydrogen (secondary N) is 1. The standard InChI is InChI=1S/C19H20FN3O3/c1-3-4-11-23-16-15(9-6-10-21-16)26-19(2,18(23)25)17(24)22-14-8-5-7-13(20)12-14/h5-10,12H,3-4,11H2,1-2H3,(H,22,24)/t19-/m1/s1. The Labute approximate surface area is 151 Å². The summed E-state index contributed by atoms with van der Waals surface area (Å²) in [6.07, 6.45) is 3.23. The number of ether oxygens (including phenoxy) is 1. The zero-order chi connectivity index (χ0) is 18.7. The number of rotatable bonds is 5. The van der Waals surface area contributed by atoms with Crippen molar-refractivity contribution in [1.82, 2.24) is 4.98 Å². The van der Waals surface area contributed by atoms with Crippen LogP contribution in [0.25, 0.3) is 0 Å². The number of aromatic nitrogens is 1. The van der Waals surface area contributed by atoms with E-state index in [4.69, 9.17) is 4.74 Å². The van der Waals surface area contributed by atoms with Crippen molar-refractivity contribution >= 4 is 23.3 Å². The summed E-state index contributed by atoms with van der Waals surface area (Å²) >= 11 is 0. The molecule has 2 aromatic rings. The molecule has 0 fully saturated rings. The lowest BCUT2D eigenvalue weighted by molar-refractivity contribution is -0.145. The van der Waals surface area contributed by atoms with Crippen LogP contribution in [0.1, 0.15) is 26.7 Å². The first-order valence-electron chi connectivity index (χ1n) is 8.48. The Morgan fingerprint density at radius 2 is 2.15 bits per heavy atom. The molecular weight excluding hydrogens is 337 g/mol. The molecule has 1 N–H and O–H groups in total. The van der Waals surface area contributed by atoms with Crippen LogP contribution in [0, 0.1) is 5.82 Å². The van der Waals surface area contributed by atoms with Crippen LogP contribution in [0.5, 0.6) is 5.75 Å². The number of benzene rings is 1. The van der Waals surface area contributed by atoms with Crippen molar-refractivity contribution in [1.29, 1.82) is 0 Å². The summed E-state index contributed by atoms with van der Waals surface area (Å²) in [6, 6.07) is 8.82. The number of hydrogen-bond acceptors (Lipinski definition) is 4. The molecule has 1 aromatic carbocycles. The number of anilines is 2. The van der Waals surface area contributed by atoms with Crippen LogP contribution < -0.4 is 15.0 Å². The van der Waals surface area contributed by atoms with E-state index in [0.717, 1.165) is 12.8 Å². The summed E-state index contributed by atoms with van der Waals surface area (Å²) in [4.78, 5) is 31.6. The predicted molar refractivity (Wildman–Crippen MR) is 95.6 cm³/mol. The fraction of sp³-hybridized carbons (Fsp3) is 0.316. The molecule has 0 aliphatic carbocycles. The molecule has 0 saturated carbocycles. The first kappa shape index (κ1) is 17.8. The lowest BCUT2D eigenvalue weighted by Crippen LogP contribution is -2.61. The van der Waals surface area contributed by atoms with Crippen LogP contribution in [-0.2, 0) is 9.59 Å². The third-order valence-corrected chi connectivity index (χ3v) is 4.22. The van der Waals surface area contributed by atoms with Crippen molar-refractivity contribution in [3.8, 4) is 5.75 Å². The Balaban J connectivity index is 1.92. The molecule has 0 bridgehead atoms. The van der Waals surface area contributed by atoms with Gasteiger partial charge in [0, 0.05) is 18.4 Å². The summed E-state index contributed by atoms with van der Waals surface area (Å²) in [6.45, 7) is 3.87. The third-order valence-electron chi connectivity index (χ3n) is 4.22. The molecule has 6 nitrogen and oxygen atoms in total. The van der Waals surface area contributed by atoms with Gasteiger partial charge < -0.3 is 10.1 Å².